The van der Waals surface area contributed by atoms with Crippen LogP contribution in [0.3, 0.4) is 0 Å². The van der Waals surface area contributed by atoms with Crippen molar-refractivity contribution in [3.8, 4) is 0 Å². The number of hydrogen-bond acceptors (Lipinski definition) is 4. The maximum Gasteiger partial charge on any atom is 0.252 e. The number of nitrogens with one attached hydrogen (secondary N) is 1. The van der Waals surface area contributed by atoms with Crippen molar-refractivity contribution in [2.45, 2.75) is 38.5 Å². The van der Waals surface area contributed by atoms with Crippen LogP contribution in [0.1, 0.15) is 29.3 Å². The van der Waals surface area contributed by atoms with E-state index in [2.05, 4.69) is 5.32 Å². The fourth-order valence-corrected chi connectivity index (χ4v) is 2.88. The molecule has 3 unspecified atom stereocenters. The van der Waals surface area contributed by atoms with Crippen molar-refractivity contribution < 1.29 is 9.53 Å². The molecule has 1 aromatic heterocycles. The van der Waals surface area contributed by atoms with Gasteiger partial charge in [-0.3, -0.25) is 4.79 Å². The SMILES string of the molecule is CCOC1CC(N)C1NC(=O)c1cscc1C. The smallest absolute Gasteiger partial charge is 0.252 e. The molecule has 94 valence electrons. The first-order valence-electron chi connectivity index (χ1n) is 5.84. The third-order valence-corrected chi connectivity index (χ3v) is 4.01. The number of amides is 1. The van der Waals surface area contributed by atoms with E-state index in [1.165, 1.54) is 11.3 Å². The summed E-state index contributed by atoms with van der Waals surface area (Å²) >= 11 is 1.54. The average Bonchev–Trinajstić information content (AvgIpc) is 2.72. The van der Waals surface area contributed by atoms with Crippen LogP contribution in [0.15, 0.2) is 10.8 Å². The predicted octanol–water partition coefficient (Wildman–Crippen LogP) is 1.29. The van der Waals surface area contributed by atoms with Crippen LogP contribution in [-0.2, 0) is 4.74 Å². The van der Waals surface area contributed by atoms with Crippen LogP contribution in [0.2, 0.25) is 0 Å². The summed E-state index contributed by atoms with van der Waals surface area (Å²) in [6, 6.07) is -0.0452. The summed E-state index contributed by atoms with van der Waals surface area (Å²) in [6.07, 6.45) is 0.888. The lowest BCUT2D eigenvalue weighted by Gasteiger charge is -2.42. The Morgan fingerprint density at radius 2 is 2.41 bits per heavy atom. The Labute approximate surface area is 105 Å². The standard InChI is InChI=1S/C12H18N2O2S/c1-3-16-10-4-9(13)11(10)14-12(15)8-6-17-5-7(8)2/h5-6,9-11H,3-4,13H2,1-2H3,(H,14,15). The summed E-state index contributed by atoms with van der Waals surface area (Å²) in [5.41, 5.74) is 7.64. The quantitative estimate of drug-likeness (QED) is 0.851. The van der Waals surface area contributed by atoms with Crippen LogP contribution in [0.25, 0.3) is 0 Å². The van der Waals surface area contributed by atoms with Gasteiger partial charge in [-0.25, -0.2) is 0 Å². The van der Waals surface area contributed by atoms with Crippen molar-refractivity contribution in [1.29, 1.82) is 0 Å². The van der Waals surface area contributed by atoms with Gasteiger partial charge in [-0.1, -0.05) is 0 Å². The summed E-state index contributed by atoms with van der Waals surface area (Å²) in [5, 5.41) is 6.80. The van der Waals surface area contributed by atoms with Gasteiger partial charge in [-0.15, -0.1) is 0 Å². The normalized spacial score (nSPS) is 27.6. The molecule has 17 heavy (non-hydrogen) atoms. The van der Waals surface area contributed by atoms with Gasteiger partial charge < -0.3 is 15.8 Å². The first kappa shape index (κ1) is 12.5. The minimum absolute atomic E-state index is 0.00874. The molecule has 2 rings (SSSR count). The molecule has 0 radical (unpaired) electrons. The largest absolute Gasteiger partial charge is 0.376 e. The van der Waals surface area contributed by atoms with E-state index in [1.54, 1.807) is 0 Å². The van der Waals surface area contributed by atoms with Gasteiger partial charge in [0.1, 0.15) is 0 Å². The Balaban J connectivity index is 1.97. The Morgan fingerprint density at radius 3 is 2.94 bits per heavy atom. The summed E-state index contributed by atoms with van der Waals surface area (Å²) in [7, 11) is 0. The van der Waals surface area contributed by atoms with Crippen LogP contribution in [0.4, 0.5) is 0 Å². The van der Waals surface area contributed by atoms with Crippen LogP contribution in [-0.4, -0.2) is 30.7 Å². The Hall–Kier alpha value is -0.910. The number of aryl methyl sites for hydroxylation is 1. The van der Waals surface area contributed by atoms with Crippen molar-refractivity contribution in [3.05, 3.63) is 21.9 Å². The molecule has 1 aliphatic rings. The lowest BCUT2D eigenvalue weighted by Crippen LogP contribution is -2.64. The van der Waals surface area contributed by atoms with Crippen LogP contribution < -0.4 is 11.1 Å². The van der Waals surface area contributed by atoms with E-state index in [-0.39, 0.29) is 24.1 Å². The van der Waals surface area contributed by atoms with Gasteiger partial charge in [0, 0.05) is 18.0 Å². The number of ether oxygens (including phenoxy) is 1. The highest BCUT2D eigenvalue weighted by molar-refractivity contribution is 7.08. The molecule has 1 aromatic rings. The molecular weight excluding hydrogens is 236 g/mol. The van der Waals surface area contributed by atoms with Gasteiger partial charge in [0.15, 0.2) is 0 Å². The molecule has 0 aromatic carbocycles. The maximum absolute atomic E-state index is 12.0. The highest BCUT2D eigenvalue weighted by atomic mass is 32.1. The molecule has 5 heteroatoms. The van der Waals surface area contributed by atoms with Gasteiger partial charge in [0.05, 0.1) is 17.7 Å². The predicted molar refractivity (Wildman–Crippen MR) is 68.3 cm³/mol. The minimum Gasteiger partial charge on any atom is -0.376 e. The molecule has 3 atom stereocenters. The third kappa shape index (κ3) is 2.51. The summed E-state index contributed by atoms with van der Waals surface area (Å²) in [4.78, 5) is 12.0. The van der Waals surface area contributed by atoms with Gasteiger partial charge in [-0.2, -0.15) is 11.3 Å². The zero-order valence-electron chi connectivity index (χ0n) is 10.1. The highest BCUT2D eigenvalue weighted by Crippen LogP contribution is 2.23. The van der Waals surface area contributed by atoms with Crippen LogP contribution in [0.5, 0.6) is 0 Å². The molecule has 4 nitrogen and oxygen atoms in total. The van der Waals surface area contributed by atoms with Crippen molar-refractivity contribution in [2.75, 3.05) is 6.61 Å². The van der Waals surface area contributed by atoms with E-state index in [0.29, 0.717) is 6.61 Å². The molecule has 1 fully saturated rings. The van der Waals surface area contributed by atoms with Crippen LogP contribution >= 0.6 is 11.3 Å². The molecule has 1 heterocycles. The van der Waals surface area contributed by atoms with E-state index in [9.17, 15) is 4.79 Å². The molecule has 0 bridgehead atoms. The molecule has 0 spiro atoms. The van der Waals surface area contributed by atoms with E-state index in [0.717, 1.165) is 17.5 Å². The highest BCUT2D eigenvalue weighted by Gasteiger charge is 2.40. The molecular formula is C12H18N2O2S. The topological polar surface area (TPSA) is 64.3 Å². The van der Waals surface area contributed by atoms with E-state index in [4.69, 9.17) is 10.5 Å². The zero-order valence-corrected chi connectivity index (χ0v) is 10.9. The number of nitrogens with two attached hydrogens (primary N) is 1. The van der Waals surface area contributed by atoms with Gasteiger partial charge >= 0.3 is 0 Å². The number of thiophene rings is 1. The van der Waals surface area contributed by atoms with Crippen molar-refractivity contribution in [3.63, 3.8) is 0 Å². The monoisotopic (exact) mass is 254 g/mol. The van der Waals surface area contributed by atoms with Crippen molar-refractivity contribution >= 4 is 17.2 Å². The van der Waals surface area contributed by atoms with Gasteiger partial charge in [0.2, 0.25) is 0 Å². The second kappa shape index (κ2) is 5.16. The number of carbonyl (C=O) groups is 1. The summed E-state index contributed by atoms with van der Waals surface area (Å²) in [5.74, 6) is -0.0476. The lowest BCUT2D eigenvalue weighted by molar-refractivity contribution is -0.0300. The fourth-order valence-electron chi connectivity index (χ4n) is 2.05. The summed E-state index contributed by atoms with van der Waals surface area (Å²) < 4.78 is 5.52. The Bertz CT molecular complexity index is 403. The second-order valence-electron chi connectivity index (χ2n) is 4.36. The van der Waals surface area contributed by atoms with Gasteiger partial charge in [-0.05, 0) is 31.2 Å². The molecule has 1 saturated carbocycles. The molecule has 1 amide bonds. The Morgan fingerprint density at radius 1 is 1.65 bits per heavy atom. The van der Waals surface area contributed by atoms with Gasteiger partial charge in [0.25, 0.3) is 5.91 Å². The first-order chi connectivity index (χ1) is 8.13. The van der Waals surface area contributed by atoms with Crippen molar-refractivity contribution in [2.24, 2.45) is 5.73 Å². The maximum atomic E-state index is 12.0. The van der Waals surface area contributed by atoms with E-state index in [1.807, 2.05) is 24.6 Å². The second-order valence-corrected chi connectivity index (χ2v) is 5.10. The molecule has 3 N–H and O–H groups in total. The van der Waals surface area contributed by atoms with Crippen LogP contribution in [0, 0.1) is 6.92 Å². The van der Waals surface area contributed by atoms with E-state index < -0.39 is 0 Å². The summed E-state index contributed by atoms with van der Waals surface area (Å²) in [6.45, 7) is 4.54. The first-order valence-corrected chi connectivity index (χ1v) is 6.78. The van der Waals surface area contributed by atoms with Crippen molar-refractivity contribution in [1.82, 2.24) is 5.32 Å². The number of hydrogen-bond donors (Lipinski definition) is 2. The molecule has 0 aliphatic heterocycles. The van der Waals surface area contributed by atoms with E-state index >= 15 is 0 Å². The molecule has 1 aliphatic carbocycles. The zero-order chi connectivity index (χ0) is 12.4. The minimum atomic E-state index is -0.0539. The average molecular weight is 254 g/mol. The molecule has 0 saturated heterocycles. The third-order valence-electron chi connectivity index (χ3n) is 3.14. The fraction of sp³-hybridized carbons (Fsp3) is 0.583. The number of carbonyl (C=O) groups excluding carboxylic acids is 1. The Kier molecular flexibility index (Phi) is 3.81. The number of rotatable bonds is 4. The lowest BCUT2D eigenvalue weighted by atomic mass is 9.83.